The minimum Gasteiger partial charge on any atom is -0.379 e. The van der Waals surface area contributed by atoms with Crippen LogP contribution in [0.25, 0.3) is 10.8 Å². The van der Waals surface area contributed by atoms with Gasteiger partial charge >= 0.3 is 0 Å². The third-order valence-corrected chi connectivity index (χ3v) is 9.30. The van der Waals surface area contributed by atoms with E-state index in [1.165, 1.54) is 0 Å². The molecular weight excluding hydrogens is 645 g/mol. The van der Waals surface area contributed by atoms with Crippen molar-refractivity contribution in [3.05, 3.63) is 171 Å². The fourth-order valence-electron chi connectivity index (χ4n) is 6.07. The van der Waals surface area contributed by atoms with Gasteiger partial charge in [0, 0.05) is 27.9 Å². The third kappa shape index (κ3) is 4.94. The van der Waals surface area contributed by atoms with Gasteiger partial charge < -0.3 is 15.0 Å². The highest BCUT2D eigenvalue weighted by Gasteiger charge is 2.41. The van der Waals surface area contributed by atoms with Crippen molar-refractivity contribution in [2.24, 2.45) is 0 Å². The molecule has 0 aliphatic rings. The maximum atomic E-state index is 12.3. The number of aromatic nitrogens is 2. The number of fused-ring (bicyclic) bond motifs is 1. The number of imidazole rings is 1. The van der Waals surface area contributed by atoms with Crippen LogP contribution in [0.1, 0.15) is 51.7 Å². The molecule has 0 radical (unpaired) electrons. The molecule has 43 heavy (non-hydrogen) atoms. The molecule has 0 aliphatic heterocycles. The topological polar surface area (TPSA) is 67.2 Å². The summed E-state index contributed by atoms with van der Waals surface area (Å²) in [5.74, 6) is -0.130. The Hall–Kier alpha value is -4.27. The minimum absolute atomic E-state index is 0.130. The Kier molecular flexibility index (Phi) is 7.90. The molecule has 0 aliphatic carbocycles. The predicted molar refractivity (Wildman–Crippen MR) is 180 cm³/mol. The number of amides is 1. The number of nitrogens with one attached hydrogen (secondary N) is 1. The number of halogens is 1. The summed E-state index contributed by atoms with van der Waals surface area (Å²) in [6, 6.07) is 40.8. The maximum absolute atomic E-state index is 12.3. The van der Waals surface area contributed by atoms with E-state index in [-0.39, 0.29) is 5.91 Å². The quantitative estimate of drug-likeness (QED) is 0.130. The van der Waals surface area contributed by atoms with Crippen LogP contribution in [-0.2, 0) is 11.1 Å². The Labute approximate surface area is 265 Å². The van der Waals surface area contributed by atoms with E-state index in [1.807, 2.05) is 61.9 Å². The molecule has 1 heterocycles. The van der Waals surface area contributed by atoms with Crippen LogP contribution in [0, 0.1) is 3.57 Å². The molecule has 0 fully saturated rings. The van der Waals surface area contributed by atoms with Crippen LogP contribution in [0.2, 0.25) is 0 Å². The molecule has 6 aromatic rings. The highest BCUT2D eigenvalue weighted by atomic mass is 127. The second-order valence-corrected chi connectivity index (χ2v) is 11.8. The zero-order valence-electron chi connectivity index (χ0n) is 24.0. The van der Waals surface area contributed by atoms with Crippen molar-refractivity contribution < 1.29 is 9.90 Å². The van der Waals surface area contributed by atoms with E-state index < -0.39 is 11.1 Å². The summed E-state index contributed by atoms with van der Waals surface area (Å²) in [6.07, 6.45) is 4.26. The number of nitrogens with zero attached hydrogens (tertiary/aromatic N) is 2. The van der Waals surface area contributed by atoms with Gasteiger partial charge in [0.2, 0.25) is 0 Å². The number of carbonyl (C=O) groups excluding carboxylic acids is 1. The van der Waals surface area contributed by atoms with Crippen LogP contribution in [0.15, 0.2) is 134 Å². The third-order valence-electron chi connectivity index (χ3n) is 8.36. The first kappa shape index (κ1) is 28.8. The second-order valence-electron chi connectivity index (χ2n) is 10.7. The smallest absolute Gasteiger partial charge is 0.251 e. The van der Waals surface area contributed by atoms with Gasteiger partial charge in [0.05, 0.1) is 12.0 Å². The number of benzene rings is 5. The van der Waals surface area contributed by atoms with E-state index in [0.717, 1.165) is 36.6 Å². The summed E-state index contributed by atoms with van der Waals surface area (Å²) in [5, 5.41) is 16.9. The molecule has 1 unspecified atom stereocenters. The van der Waals surface area contributed by atoms with Crippen molar-refractivity contribution in [1.82, 2.24) is 14.9 Å². The molecule has 1 amide bonds. The summed E-state index contributed by atoms with van der Waals surface area (Å²) >= 11 is 2.41. The van der Waals surface area contributed by atoms with Gasteiger partial charge in [-0.2, -0.15) is 0 Å². The van der Waals surface area contributed by atoms with E-state index in [2.05, 4.69) is 105 Å². The van der Waals surface area contributed by atoms with Gasteiger partial charge in [0.25, 0.3) is 5.91 Å². The molecule has 5 aromatic carbocycles. The van der Waals surface area contributed by atoms with Crippen molar-refractivity contribution >= 4 is 39.3 Å². The number of hydrogen-bond donors (Lipinski definition) is 2. The van der Waals surface area contributed by atoms with E-state index in [1.54, 1.807) is 13.1 Å². The van der Waals surface area contributed by atoms with Crippen LogP contribution in [0.3, 0.4) is 0 Å². The molecule has 0 bridgehead atoms. The average molecular weight is 678 g/mol. The van der Waals surface area contributed by atoms with Gasteiger partial charge in [-0.25, -0.2) is 4.98 Å². The fourth-order valence-corrected chi connectivity index (χ4v) is 6.85. The van der Waals surface area contributed by atoms with E-state index in [4.69, 9.17) is 4.98 Å². The number of carbonyl (C=O) groups is 1. The Bertz CT molecular complexity index is 1860. The fraction of sp³-hybridized carbons (Fsp3) is 0.135. The Morgan fingerprint density at radius 3 is 2.05 bits per heavy atom. The molecule has 6 rings (SSSR count). The summed E-state index contributed by atoms with van der Waals surface area (Å²) in [6.45, 7) is 1.97. The van der Waals surface area contributed by atoms with Gasteiger partial charge in [0.1, 0.15) is 11.1 Å². The summed E-state index contributed by atoms with van der Waals surface area (Å²) < 4.78 is 3.27. The molecule has 1 atom stereocenters. The lowest BCUT2D eigenvalue weighted by Crippen LogP contribution is -2.38. The van der Waals surface area contributed by atoms with Gasteiger partial charge in [-0.1, -0.05) is 104 Å². The van der Waals surface area contributed by atoms with Crippen LogP contribution >= 0.6 is 22.6 Å². The lowest BCUT2D eigenvalue weighted by Gasteiger charge is -2.38. The molecule has 0 saturated carbocycles. The highest BCUT2D eigenvalue weighted by molar-refractivity contribution is 14.1. The number of rotatable bonds is 8. The highest BCUT2D eigenvalue weighted by Crippen LogP contribution is 2.44. The number of aliphatic hydroxyl groups is 1. The monoisotopic (exact) mass is 677 g/mol. The Morgan fingerprint density at radius 1 is 0.814 bits per heavy atom. The lowest BCUT2D eigenvalue weighted by molar-refractivity contribution is 0.0723. The summed E-state index contributed by atoms with van der Waals surface area (Å²) in [4.78, 5) is 17.1. The first-order chi connectivity index (χ1) is 20.9. The summed E-state index contributed by atoms with van der Waals surface area (Å²) in [7, 11) is 1.62. The van der Waals surface area contributed by atoms with Crippen LogP contribution in [-0.4, -0.2) is 27.6 Å². The van der Waals surface area contributed by atoms with Crippen LogP contribution in [0.4, 0.5) is 0 Å². The number of hydrogen-bond acceptors (Lipinski definition) is 3. The zero-order chi connectivity index (χ0) is 30.0. The van der Waals surface area contributed by atoms with E-state index >= 15 is 0 Å². The zero-order valence-corrected chi connectivity index (χ0v) is 26.2. The molecule has 6 heteroatoms. The molecule has 2 N–H and O–H groups in total. The lowest BCUT2D eigenvalue weighted by atomic mass is 9.76. The molecular formula is C37H32IN3O2. The van der Waals surface area contributed by atoms with Crippen molar-refractivity contribution in [2.75, 3.05) is 7.05 Å². The van der Waals surface area contributed by atoms with Gasteiger partial charge in [0.15, 0.2) is 0 Å². The SMILES string of the molecule is CCC(O)(c1ccc2cc(C(=O)NC)ccc2c1)c1cn(C(c2ccccc2)(c2ccccc2)c2ccccc2I)cn1. The van der Waals surface area contributed by atoms with Gasteiger partial charge in [-0.05, 0) is 80.7 Å². The molecule has 0 spiro atoms. The maximum Gasteiger partial charge on any atom is 0.251 e. The minimum atomic E-state index is -1.33. The van der Waals surface area contributed by atoms with Crippen molar-refractivity contribution in [3.63, 3.8) is 0 Å². The Morgan fingerprint density at radius 2 is 1.42 bits per heavy atom. The molecule has 1 aromatic heterocycles. The van der Waals surface area contributed by atoms with E-state index in [0.29, 0.717) is 17.7 Å². The normalized spacial score (nSPS) is 13.0. The molecule has 214 valence electrons. The first-order valence-corrected chi connectivity index (χ1v) is 15.4. The summed E-state index contributed by atoms with van der Waals surface area (Å²) in [5.41, 5.74) is 3.15. The van der Waals surface area contributed by atoms with Gasteiger partial charge in [-0.3, -0.25) is 4.79 Å². The van der Waals surface area contributed by atoms with Crippen LogP contribution in [0.5, 0.6) is 0 Å². The van der Waals surface area contributed by atoms with Gasteiger partial charge in [-0.15, -0.1) is 0 Å². The van der Waals surface area contributed by atoms with E-state index in [9.17, 15) is 9.90 Å². The van der Waals surface area contributed by atoms with Crippen molar-refractivity contribution in [3.8, 4) is 0 Å². The van der Waals surface area contributed by atoms with Crippen molar-refractivity contribution in [1.29, 1.82) is 0 Å². The largest absolute Gasteiger partial charge is 0.379 e. The van der Waals surface area contributed by atoms with Crippen LogP contribution < -0.4 is 5.32 Å². The van der Waals surface area contributed by atoms with Crippen molar-refractivity contribution in [2.45, 2.75) is 24.5 Å². The first-order valence-electron chi connectivity index (χ1n) is 14.3. The predicted octanol–water partition coefficient (Wildman–Crippen LogP) is 7.49. The standard InChI is InChI=1S/C37H32IN3O2/c1-3-36(43,31-21-20-26-22-28(35(42)39-2)19-18-27(26)23-31)34-24-41(25-40-34)37(29-12-6-4-7-13-29,30-14-8-5-9-15-30)32-16-10-11-17-33(32)38/h4-25,43H,3H2,1-2H3,(H,39,42). The molecule has 0 saturated heterocycles. The average Bonchev–Trinajstić information content (AvgIpc) is 3.57. The molecule has 5 nitrogen and oxygen atoms in total. The second kappa shape index (κ2) is 11.8. The Balaban J connectivity index is 1.54.